The summed E-state index contributed by atoms with van der Waals surface area (Å²) in [6.07, 6.45) is 11.7. The van der Waals surface area contributed by atoms with Crippen LogP contribution in [0.5, 0.6) is 0 Å². The summed E-state index contributed by atoms with van der Waals surface area (Å²) < 4.78 is 12.5. The third kappa shape index (κ3) is 11.2. The molecule has 2 aliphatic rings. The third-order valence-electron chi connectivity index (χ3n) is 11.8. The maximum Gasteiger partial charge on any atom is 0.0991 e. The average Bonchev–Trinajstić information content (AvgIpc) is 3.35. The van der Waals surface area contributed by atoms with Crippen molar-refractivity contribution in [3.63, 3.8) is 0 Å². The van der Waals surface area contributed by atoms with Crippen LogP contribution in [-0.2, 0) is 9.47 Å². The smallest absolute Gasteiger partial charge is 0.0991 e. The molecule has 10 nitrogen and oxygen atoms in total. The van der Waals surface area contributed by atoms with E-state index in [-0.39, 0.29) is 12.2 Å². The highest BCUT2D eigenvalue weighted by Crippen LogP contribution is 2.37. The van der Waals surface area contributed by atoms with E-state index in [1.165, 1.54) is 16.9 Å². The van der Waals surface area contributed by atoms with Gasteiger partial charge in [-0.25, -0.2) is 0 Å². The number of rotatable bonds is 5. The molecule has 68 heavy (non-hydrogen) atoms. The minimum atomic E-state index is 0.213. The molecular formula is C55H49Cl2IN8O2. The summed E-state index contributed by atoms with van der Waals surface area (Å²) >= 11 is 15.3. The number of halogens is 3. The maximum absolute atomic E-state index is 9.06. The molecule has 0 unspecified atom stereocenters. The minimum Gasteiger partial charge on any atom is -0.372 e. The van der Waals surface area contributed by atoms with Crippen LogP contribution in [0.15, 0.2) is 134 Å². The highest BCUT2D eigenvalue weighted by atomic mass is 127. The Bertz CT molecular complexity index is 3100. The zero-order valence-electron chi connectivity index (χ0n) is 38.4. The van der Waals surface area contributed by atoms with E-state index >= 15 is 0 Å². The second-order valence-corrected chi connectivity index (χ2v) is 19.1. The number of anilines is 2. The highest BCUT2D eigenvalue weighted by molar-refractivity contribution is 14.1. The van der Waals surface area contributed by atoms with Crippen molar-refractivity contribution < 1.29 is 9.47 Å². The van der Waals surface area contributed by atoms with E-state index in [1.807, 2.05) is 30.5 Å². The first-order valence-corrected chi connectivity index (χ1v) is 24.2. The van der Waals surface area contributed by atoms with Gasteiger partial charge in [-0.05, 0) is 122 Å². The monoisotopic (exact) mass is 1050 g/mol. The Morgan fingerprint density at radius 3 is 1.34 bits per heavy atom. The lowest BCUT2D eigenvalue weighted by Crippen LogP contribution is -2.45. The fourth-order valence-corrected chi connectivity index (χ4v) is 9.51. The van der Waals surface area contributed by atoms with Gasteiger partial charge in [-0.2, -0.15) is 10.5 Å². The molecule has 8 aromatic rings. The summed E-state index contributed by atoms with van der Waals surface area (Å²) in [7, 11) is 0. The Morgan fingerprint density at radius 2 is 0.897 bits per heavy atom. The standard InChI is InChI=1S/C27H23ClN4O.C15H7ClIN3.C13H19NO/c1-17-15-32(16-18(2)33-17)22-9-7-20(8-10-22)23-14-31-27-24(12-30-13-25(27)26(23)28)21-5-3-19(11-29)4-6-21;16-14-12-7-19-6-11(15(12)20-8-13(14)17)10-3-1-9(5-18)2-4-10;1-10-4-6-13(7-5-10)14-8-11(2)15-12(3)9-14/h3-10,12-14,17-18H,15-16H2,1-2H3;1-4,6-8H;4-7,11-12H,8-9H2,1-3H3/t17-,18+;;11-,12+. The Hall–Kier alpha value is -6.19. The molecular weight excluding hydrogens is 1000 g/mol. The quantitative estimate of drug-likeness (QED) is 0.154. The Balaban J connectivity index is 0.000000151. The van der Waals surface area contributed by atoms with Crippen LogP contribution in [0.2, 0.25) is 10.0 Å². The van der Waals surface area contributed by atoms with Crippen molar-refractivity contribution >= 4 is 79.0 Å². The predicted octanol–water partition coefficient (Wildman–Crippen LogP) is 13.1. The first-order chi connectivity index (χ1) is 32.9. The van der Waals surface area contributed by atoms with Crippen LogP contribution >= 0.6 is 45.8 Å². The van der Waals surface area contributed by atoms with Gasteiger partial charge < -0.3 is 19.3 Å². The predicted molar refractivity (Wildman–Crippen MR) is 283 cm³/mol. The molecule has 4 atom stereocenters. The Kier molecular flexibility index (Phi) is 15.5. The fraction of sp³-hybridized carbons (Fsp3) is 0.236. The van der Waals surface area contributed by atoms with Crippen LogP contribution in [0.3, 0.4) is 0 Å². The van der Waals surface area contributed by atoms with Gasteiger partial charge in [-0.1, -0.05) is 77.3 Å². The van der Waals surface area contributed by atoms with Gasteiger partial charge in [0.05, 0.1) is 72.3 Å². The van der Waals surface area contributed by atoms with E-state index in [0.717, 1.165) is 84.9 Å². The van der Waals surface area contributed by atoms with Crippen molar-refractivity contribution in [1.29, 1.82) is 10.5 Å². The molecule has 0 aliphatic carbocycles. The molecule has 0 amide bonds. The molecule has 13 heteroatoms. The Labute approximate surface area is 421 Å². The van der Waals surface area contributed by atoms with E-state index in [2.05, 4.69) is 143 Å². The molecule has 0 bridgehead atoms. The number of hydrogen-bond acceptors (Lipinski definition) is 10. The topological polar surface area (TPSA) is 124 Å². The van der Waals surface area contributed by atoms with Gasteiger partial charge in [-0.15, -0.1) is 0 Å². The van der Waals surface area contributed by atoms with Crippen molar-refractivity contribution in [1.82, 2.24) is 19.9 Å². The summed E-state index contributed by atoms with van der Waals surface area (Å²) in [5, 5.41) is 20.8. The molecule has 0 N–H and O–H groups in total. The molecule has 10 rings (SSSR count). The van der Waals surface area contributed by atoms with Crippen molar-refractivity contribution in [2.45, 2.75) is 59.0 Å². The molecule has 342 valence electrons. The molecule has 6 heterocycles. The first-order valence-electron chi connectivity index (χ1n) is 22.4. The van der Waals surface area contributed by atoms with Gasteiger partial charge in [0.1, 0.15) is 0 Å². The number of morpholine rings is 2. The number of ether oxygens (including phenoxy) is 2. The summed E-state index contributed by atoms with van der Waals surface area (Å²) in [6.45, 7) is 14.4. The average molecular weight is 1050 g/mol. The number of aromatic nitrogens is 4. The second-order valence-electron chi connectivity index (χ2n) is 17.2. The lowest BCUT2D eigenvalue weighted by molar-refractivity contribution is -0.00548. The van der Waals surface area contributed by atoms with Crippen LogP contribution in [0.25, 0.3) is 55.2 Å². The van der Waals surface area contributed by atoms with Gasteiger partial charge in [0.25, 0.3) is 0 Å². The summed E-state index contributed by atoms with van der Waals surface area (Å²) in [6, 6.07) is 36.2. The second kappa shape index (κ2) is 21.8. The zero-order chi connectivity index (χ0) is 47.9. The number of nitriles is 2. The van der Waals surface area contributed by atoms with Crippen LogP contribution in [0.1, 0.15) is 44.4 Å². The van der Waals surface area contributed by atoms with Gasteiger partial charge >= 0.3 is 0 Å². The molecule has 2 saturated heterocycles. The van der Waals surface area contributed by atoms with Crippen molar-refractivity contribution in [2.75, 3.05) is 36.0 Å². The third-order valence-corrected chi connectivity index (χ3v) is 13.8. The van der Waals surface area contributed by atoms with Crippen LogP contribution in [-0.4, -0.2) is 70.5 Å². The van der Waals surface area contributed by atoms with Crippen molar-refractivity contribution in [3.8, 4) is 45.5 Å². The van der Waals surface area contributed by atoms with E-state index in [4.69, 9.17) is 48.2 Å². The van der Waals surface area contributed by atoms with Gasteiger partial charge in [-0.3, -0.25) is 19.9 Å². The van der Waals surface area contributed by atoms with Gasteiger partial charge in [0, 0.05) is 102 Å². The molecule has 2 aliphatic heterocycles. The SMILES string of the molecule is C[C@@H]1CN(c2ccc(-c3cnc4c(-c5ccc(C#N)cc5)cncc4c3Cl)cc2)C[C@H](C)O1.Cc1ccc(N2C[C@@H](C)O[C@@H](C)C2)cc1.N#Cc1ccc(-c2cncc3c(Cl)c(I)cnc23)cc1. The van der Waals surface area contributed by atoms with Crippen LogP contribution in [0.4, 0.5) is 11.4 Å². The fourth-order valence-electron chi connectivity index (χ4n) is 8.60. The molecule has 0 spiro atoms. The summed E-state index contributed by atoms with van der Waals surface area (Å²) in [5.41, 5.74) is 12.2. The number of benzene rings is 4. The first kappa shape index (κ1) is 48.3. The molecule has 4 aromatic heterocycles. The number of aryl methyl sites for hydroxylation is 1. The van der Waals surface area contributed by atoms with Crippen LogP contribution < -0.4 is 9.80 Å². The van der Waals surface area contributed by atoms with E-state index in [0.29, 0.717) is 33.4 Å². The van der Waals surface area contributed by atoms with Crippen LogP contribution in [0, 0.1) is 33.2 Å². The lowest BCUT2D eigenvalue weighted by Gasteiger charge is -2.36. The number of fused-ring (bicyclic) bond motifs is 2. The van der Waals surface area contributed by atoms with E-state index in [1.54, 1.807) is 55.2 Å². The summed E-state index contributed by atoms with van der Waals surface area (Å²) in [5.74, 6) is 0. The zero-order valence-corrected chi connectivity index (χ0v) is 42.0. The maximum atomic E-state index is 9.06. The molecule has 0 saturated carbocycles. The summed E-state index contributed by atoms with van der Waals surface area (Å²) in [4.78, 5) is 22.6. The molecule has 4 aromatic carbocycles. The van der Waals surface area contributed by atoms with E-state index < -0.39 is 0 Å². The normalized spacial score (nSPS) is 17.9. The van der Waals surface area contributed by atoms with Crippen molar-refractivity contribution in [3.05, 3.63) is 165 Å². The van der Waals surface area contributed by atoms with Gasteiger partial charge in [0.2, 0.25) is 0 Å². The minimum absolute atomic E-state index is 0.213. The molecule has 0 radical (unpaired) electrons. The van der Waals surface area contributed by atoms with E-state index in [9.17, 15) is 0 Å². The lowest BCUT2D eigenvalue weighted by atomic mass is 10.0. The number of pyridine rings is 4. The van der Waals surface area contributed by atoms with Crippen molar-refractivity contribution in [2.24, 2.45) is 0 Å². The molecule has 2 fully saturated rings. The largest absolute Gasteiger partial charge is 0.372 e. The number of hydrogen-bond donors (Lipinski definition) is 0. The number of nitrogens with zero attached hydrogens (tertiary/aromatic N) is 8. The Morgan fingerprint density at radius 1 is 0.515 bits per heavy atom. The van der Waals surface area contributed by atoms with Gasteiger partial charge in [0.15, 0.2) is 0 Å². The highest BCUT2D eigenvalue weighted by Gasteiger charge is 2.24.